The van der Waals surface area contributed by atoms with Gasteiger partial charge in [-0.25, -0.2) is 4.98 Å². The Kier molecular flexibility index (Phi) is 12.8. The molecule has 4 N–H and O–H groups in total. The molecule has 0 radical (unpaired) electrons. The van der Waals surface area contributed by atoms with Gasteiger partial charge in [-0.3, -0.25) is 28.7 Å². The van der Waals surface area contributed by atoms with Crippen LogP contribution in [0.2, 0.25) is 0 Å². The second-order valence-electron chi connectivity index (χ2n) is 18.7. The van der Waals surface area contributed by atoms with E-state index in [1.165, 1.54) is 4.90 Å². The highest BCUT2D eigenvalue weighted by Crippen LogP contribution is 2.40. The van der Waals surface area contributed by atoms with E-state index in [4.69, 9.17) is 4.99 Å². The Hall–Kier alpha value is -5.78. The third-order valence-corrected chi connectivity index (χ3v) is 15.1. The van der Waals surface area contributed by atoms with Crippen molar-refractivity contribution in [2.45, 2.75) is 111 Å². The number of carboxylic acid groups (broad SMARTS) is 1. The minimum Gasteiger partial charge on any atom is -0.481 e. The summed E-state index contributed by atoms with van der Waals surface area (Å²) in [7, 11) is 0. The molecular formula is C48H57N9O6S2. The van der Waals surface area contributed by atoms with Gasteiger partial charge in [0.15, 0.2) is 5.82 Å². The number of amides is 3. The molecule has 8 rings (SSSR count). The fourth-order valence-corrected chi connectivity index (χ4v) is 11.2. The number of benzene rings is 2. The van der Waals surface area contributed by atoms with Crippen molar-refractivity contribution < 1.29 is 29.4 Å². The van der Waals surface area contributed by atoms with E-state index in [1.807, 2.05) is 100 Å². The van der Waals surface area contributed by atoms with Crippen molar-refractivity contribution in [2.75, 3.05) is 24.5 Å². The number of hydrogen-bond donors (Lipinski definition) is 4. The van der Waals surface area contributed by atoms with Crippen molar-refractivity contribution in [1.82, 2.24) is 35.3 Å². The van der Waals surface area contributed by atoms with Gasteiger partial charge >= 0.3 is 5.97 Å². The largest absolute Gasteiger partial charge is 0.481 e. The molecule has 0 spiro atoms. The predicted molar refractivity (Wildman–Crippen MR) is 252 cm³/mol. The topological polar surface area (TPSA) is 195 Å². The molecule has 3 amide bonds. The fraction of sp³-hybridized carbons (Fsp3) is 0.458. The molecule has 6 atom stereocenters. The third kappa shape index (κ3) is 9.23. The minimum absolute atomic E-state index is 0.00963. The zero-order valence-electron chi connectivity index (χ0n) is 38.1. The van der Waals surface area contributed by atoms with Crippen LogP contribution in [0.25, 0.3) is 15.4 Å². The maximum atomic E-state index is 14.5. The average Bonchev–Trinajstić information content (AvgIpc) is 4.04. The SMILES string of the molecule is Cc1ncsc1-c1ccc([C@H](C)NC(=O)[C@@H]2C[C@@H](O)CN2C(=O)[C@@H](NC(=O)[C@H]2CCCN(c3ccc(C4=N[C@@H](CC(=O)O)c5nnc(C)n5-c5sc(C)c(C)c54)cc3)C2)C(C)(C)C)cc1. The zero-order valence-corrected chi connectivity index (χ0v) is 39.7. The Morgan fingerprint density at radius 3 is 2.29 bits per heavy atom. The number of likely N-dealkylation sites (tertiary alicyclic amines) is 1. The first-order valence-corrected chi connectivity index (χ1v) is 23.9. The highest BCUT2D eigenvalue weighted by molar-refractivity contribution is 7.15. The van der Waals surface area contributed by atoms with Gasteiger partial charge < -0.3 is 30.6 Å². The molecule has 2 fully saturated rings. The number of rotatable bonds is 11. The Morgan fingerprint density at radius 2 is 1.63 bits per heavy atom. The van der Waals surface area contributed by atoms with Crippen LogP contribution in [0.4, 0.5) is 5.69 Å². The number of aliphatic carboxylic acids is 1. The maximum Gasteiger partial charge on any atom is 0.306 e. The van der Waals surface area contributed by atoms with Crippen molar-refractivity contribution in [3.05, 3.63) is 98.5 Å². The van der Waals surface area contributed by atoms with Crippen LogP contribution in [-0.2, 0) is 19.2 Å². The lowest BCUT2D eigenvalue weighted by Crippen LogP contribution is -2.59. The number of hydrogen-bond acceptors (Lipinski definition) is 12. The summed E-state index contributed by atoms with van der Waals surface area (Å²) in [5.74, 6) is -1.21. The van der Waals surface area contributed by atoms with Crippen molar-refractivity contribution in [2.24, 2.45) is 16.3 Å². The molecule has 6 heterocycles. The number of carbonyl (C=O) groups excluding carboxylic acids is 3. The average molecular weight is 920 g/mol. The normalized spacial score (nSPS) is 20.6. The Balaban J connectivity index is 0.951. The van der Waals surface area contributed by atoms with Crippen molar-refractivity contribution in [3.8, 4) is 15.4 Å². The van der Waals surface area contributed by atoms with Crippen LogP contribution in [0, 0.1) is 39.0 Å². The molecule has 0 bridgehead atoms. The van der Waals surface area contributed by atoms with Crippen molar-refractivity contribution in [1.29, 1.82) is 0 Å². The van der Waals surface area contributed by atoms with Gasteiger partial charge in [0.25, 0.3) is 0 Å². The summed E-state index contributed by atoms with van der Waals surface area (Å²) in [5, 5.41) is 36.4. The second-order valence-corrected chi connectivity index (χ2v) is 20.7. The van der Waals surface area contributed by atoms with E-state index >= 15 is 0 Å². The molecule has 0 aliphatic carbocycles. The summed E-state index contributed by atoms with van der Waals surface area (Å²) < 4.78 is 1.94. The number of aliphatic hydroxyl groups is 1. The summed E-state index contributed by atoms with van der Waals surface area (Å²) in [5.41, 5.74) is 8.51. The summed E-state index contributed by atoms with van der Waals surface area (Å²) in [6, 6.07) is 13.1. The number of β-amino-alcohol motifs (C(OH)–C–C–N with tert-alkyl or cyclic N) is 1. The van der Waals surface area contributed by atoms with E-state index < -0.39 is 47.4 Å². The van der Waals surface area contributed by atoms with Gasteiger partial charge in [-0.15, -0.1) is 32.9 Å². The second kappa shape index (κ2) is 18.2. The quantitative estimate of drug-likeness (QED) is 0.112. The summed E-state index contributed by atoms with van der Waals surface area (Å²) in [6.07, 6.45) is 0.395. The number of nitrogens with one attached hydrogen (secondary N) is 2. The number of thiophene rings is 1. The molecule has 5 aromatic rings. The summed E-state index contributed by atoms with van der Waals surface area (Å²) in [4.78, 5) is 69.8. The summed E-state index contributed by atoms with van der Waals surface area (Å²) >= 11 is 3.19. The highest BCUT2D eigenvalue weighted by atomic mass is 32.1. The molecule has 3 aliphatic rings. The van der Waals surface area contributed by atoms with Gasteiger partial charge in [0.1, 0.15) is 29.0 Å². The van der Waals surface area contributed by atoms with Crippen LogP contribution < -0.4 is 15.5 Å². The Bertz CT molecular complexity index is 2640. The van der Waals surface area contributed by atoms with Crippen LogP contribution in [0.15, 0.2) is 59.0 Å². The number of aryl methyl sites for hydroxylation is 3. The van der Waals surface area contributed by atoms with E-state index in [9.17, 15) is 29.4 Å². The molecule has 17 heteroatoms. The standard InChI is InChI=1S/C48H57N9O6S2/c1-25-28(4)65-47-39(25)40(51-36(21-38(59)60)43-54-53-29(5)57(43)47)31-15-17-34(18-16-31)55-19-9-10-33(22-55)44(61)52-42(48(6,7)8)46(63)56-23-35(58)20-37(56)45(62)50-26(2)30-11-13-32(14-12-30)41-27(3)49-24-64-41/h11-18,24,26,33,35-37,42,58H,9-10,19-23H2,1-8H3,(H,50,62)(H,52,61)(H,59,60)/t26-,33-,35+,36-,37-,42+/m0/s1. The number of aliphatic imine (C=N–C) groups is 1. The Morgan fingerprint density at radius 1 is 0.923 bits per heavy atom. The number of carboxylic acids is 1. The first-order valence-electron chi connectivity index (χ1n) is 22.2. The van der Waals surface area contributed by atoms with Crippen LogP contribution in [-0.4, -0.2) is 102 Å². The molecular weight excluding hydrogens is 863 g/mol. The molecule has 0 unspecified atom stereocenters. The van der Waals surface area contributed by atoms with Crippen LogP contribution in [0.3, 0.4) is 0 Å². The minimum atomic E-state index is -0.978. The third-order valence-electron chi connectivity index (χ3n) is 12.9. The van der Waals surface area contributed by atoms with Crippen LogP contribution in [0.5, 0.6) is 0 Å². The van der Waals surface area contributed by atoms with E-state index in [0.717, 1.165) is 66.9 Å². The number of anilines is 1. The molecule has 65 heavy (non-hydrogen) atoms. The van der Waals surface area contributed by atoms with Crippen LogP contribution in [0.1, 0.15) is 110 Å². The first-order chi connectivity index (χ1) is 30.9. The molecule has 0 saturated carbocycles. The van der Waals surface area contributed by atoms with Gasteiger partial charge in [-0.1, -0.05) is 57.2 Å². The van der Waals surface area contributed by atoms with Crippen molar-refractivity contribution >= 4 is 57.8 Å². The number of aromatic nitrogens is 4. The lowest BCUT2D eigenvalue weighted by Gasteiger charge is -2.38. The molecule has 2 saturated heterocycles. The molecule has 342 valence electrons. The number of thiazole rings is 1. The number of fused-ring (bicyclic) bond motifs is 3. The first kappa shape index (κ1) is 45.8. The lowest BCUT2D eigenvalue weighted by molar-refractivity contribution is -0.144. The number of nitrogens with zero attached hydrogens (tertiary/aromatic N) is 7. The van der Waals surface area contributed by atoms with Gasteiger partial charge in [-0.05, 0) is 81.7 Å². The zero-order chi connectivity index (χ0) is 46.5. The molecule has 3 aromatic heterocycles. The molecule has 3 aliphatic heterocycles. The lowest BCUT2D eigenvalue weighted by atomic mass is 9.84. The smallest absolute Gasteiger partial charge is 0.306 e. The van der Waals surface area contributed by atoms with E-state index in [1.54, 1.807) is 22.7 Å². The maximum absolute atomic E-state index is 14.5. The summed E-state index contributed by atoms with van der Waals surface area (Å²) in [6.45, 7) is 16.7. The molecule has 2 aromatic carbocycles. The Labute approximate surface area is 387 Å². The predicted octanol–water partition coefficient (Wildman–Crippen LogP) is 6.64. The van der Waals surface area contributed by atoms with Crippen molar-refractivity contribution in [3.63, 3.8) is 0 Å². The monoisotopic (exact) mass is 919 g/mol. The van der Waals surface area contributed by atoms with Gasteiger partial charge in [0.05, 0.1) is 46.3 Å². The van der Waals surface area contributed by atoms with Gasteiger partial charge in [0, 0.05) is 47.7 Å². The van der Waals surface area contributed by atoms with Gasteiger partial charge in [-0.2, -0.15) is 0 Å². The van der Waals surface area contributed by atoms with E-state index in [2.05, 4.69) is 44.6 Å². The fourth-order valence-electron chi connectivity index (χ4n) is 9.22. The van der Waals surface area contributed by atoms with Crippen LogP contribution >= 0.6 is 22.7 Å². The highest BCUT2D eigenvalue weighted by Gasteiger charge is 2.45. The number of aliphatic hydroxyl groups excluding tert-OH is 1. The van der Waals surface area contributed by atoms with E-state index in [0.29, 0.717) is 30.3 Å². The number of piperidine rings is 1. The number of carbonyl (C=O) groups is 4. The van der Waals surface area contributed by atoms with E-state index in [-0.39, 0.29) is 37.2 Å². The van der Waals surface area contributed by atoms with Gasteiger partial charge in [0.2, 0.25) is 17.7 Å². The molecule has 15 nitrogen and oxygen atoms in total.